The number of hydrogen-bond acceptors (Lipinski definition) is 3. The highest BCUT2D eigenvalue weighted by Crippen LogP contribution is 2.23. The van der Waals surface area contributed by atoms with Crippen LogP contribution in [0.1, 0.15) is 17.5 Å². The second kappa shape index (κ2) is 6.99. The van der Waals surface area contributed by atoms with Crippen LogP contribution in [0.15, 0.2) is 34.9 Å². The van der Waals surface area contributed by atoms with Gasteiger partial charge in [-0.2, -0.15) is 0 Å². The largest absolute Gasteiger partial charge is 0.459 e. The normalized spacial score (nSPS) is 10.4. The van der Waals surface area contributed by atoms with Gasteiger partial charge in [-0.1, -0.05) is 0 Å². The third-order valence-electron chi connectivity index (χ3n) is 3.05. The molecule has 0 unspecified atom stereocenters. The second-order valence-electron chi connectivity index (χ2n) is 4.60. The van der Waals surface area contributed by atoms with Crippen LogP contribution < -0.4 is 10.2 Å². The van der Waals surface area contributed by atoms with Crippen molar-refractivity contribution in [2.24, 2.45) is 0 Å². The Balaban J connectivity index is 2.07. The van der Waals surface area contributed by atoms with Gasteiger partial charge in [0.2, 0.25) is 5.91 Å². The fraction of sp³-hybridized carbons (Fsp3) is 0.200. The van der Waals surface area contributed by atoms with Gasteiger partial charge in [0.15, 0.2) is 23.2 Å². The van der Waals surface area contributed by atoms with Crippen molar-refractivity contribution in [1.29, 1.82) is 0 Å². The fourth-order valence-electron chi connectivity index (χ4n) is 1.95. The number of furan rings is 1. The van der Waals surface area contributed by atoms with E-state index in [0.29, 0.717) is 0 Å². The Morgan fingerprint density at radius 3 is 2.52 bits per heavy atom. The number of rotatable bonds is 5. The molecule has 0 fully saturated rings. The molecule has 2 aromatic rings. The maximum Gasteiger partial charge on any atom is 0.287 e. The molecule has 2 amide bonds. The van der Waals surface area contributed by atoms with Crippen molar-refractivity contribution in [2.45, 2.75) is 6.92 Å². The predicted molar refractivity (Wildman–Crippen MR) is 75.4 cm³/mol. The maximum atomic E-state index is 13.8. The molecule has 1 aromatic carbocycles. The van der Waals surface area contributed by atoms with Crippen molar-refractivity contribution in [2.75, 3.05) is 18.0 Å². The lowest BCUT2D eigenvalue weighted by atomic mass is 10.2. The van der Waals surface area contributed by atoms with Crippen LogP contribution in [-0.4, -0.2) is 24.9 Å². The molecule has 23 heavy (non-hydrogen) atoms. The van der Waals surface area contributed by atoms with Crippen LogP contribution in [0.3, 0.4) is 0 Å². The molecule has 122 valence electrons. The number of amides is 2. The zero-order valence-electron chi connectivity index (χ0n) is 12.1. The smallest absolute Gasteiger partial charge is 0.287 e. The first-order chi connectivity index (χ1) is 10.9. The Labute approximate surface area is 129 Å². The van der Waals surface area contributed by atoms with Gasteiger partial charge in [-0.05, 0) is 24.3 Å². The van der Waals surface area contributed by atoms with Crippen LogP contribution in [0.4, 0.5) is 18.9 Å². The van der Waals surface area contributed by atoms with E-state index in [-0.39, 0.29) is 18.8 Å². The zero-order valence-corrected chi connectivity index (χ0v) is 12.1. The van der Waals surface area contributed by atoms with Gasteiger partial charge in [0.25, 0.3) is 5.91 Å². The lowest BCUT2D eigenvalue weighted by molar-refractivity contribution is -0.116. The molecule has 8 heteroatoms. The Morgan fingerprint density at radius 1 is 1.17 bits per heavy atom. The first-order valence-electron chi connectivity index (χ1n) is 6.65. The third kappa shape index (κ3) is 3.71. The number of carbonyl (C=O) groups is 2. The van der Waals surface area contributed by atoms with Crippen LogP contribution in [0.5, 0.6) is 0 Å². The van der Waals surface area contributed by atoms with Gasteiger partial charge in [0, 0.05) is 20.0 Å². The highest BCUT2D eigenvalue weighted by molar-refractivity contribution is 5.93. The summed E-state index contributed by atoms with van der Waals surface area (Å²) in [6.07, 6.45) is 1.33. The summed E-state index contributed by atoms with van der Waals surface area (Å²) in [5.74, 6) is -5.48. The Hall–Kier alpha value is -2.77. The average Bonchev–Trinajstić information content (AvgIpc) is 3.04. The monoisotopic (exact) mass is 326 g/mol. The van der Waals surface area contributed by atoms with Gasteiger partial charge in [0.1, 0.15) is 0 Å². The van der Waals surface area contributed by atoms with Gasteiger partial charge in [0.05, 0.1) is 12.0 Å². The molecular weight excluding hydrogens is 313 g/mol. The van der Waals surface area contributed by atoms with E-state index in [1.165, 1.54) is 18.4 Å². The van der Waals surface area contributed by atoms with Gasteiger partial charge < -0.3 is 14.6 Å². The lowest BCUT2D eigenvalue weighted by Crippen LogP contribution is -2.38. The van der Waals surface area contributed by atoms with Gasteiger partial charge >= 0.3 is 0 Å². The van der Waals surface area contributed by atoms with E-state index in [0.717, 1.165) is 24.0 Å². The minimum absolute atomic E-state index is 0.0302. The summed E-state index contributed by atoms with van der Waals surface area (Å²) >= 11 is 0. The van der Waals surface area contributed by atoms with Gasteiger partial charge in [-0.15, -0.1) is 0 Å². The molecule has 0 atom stereocenters. The predicted octanol–water partition coefficient (Wildman–Crippen LogP) is 2.48. The summed E-state index contributed by atoms with van der Waals surface area (Å²) in [5.41, 5.74) is -0.399. The van der Waals surface area contributed by atoms with Crippen molar-refractivity contribution in [3.63, 3.8) is 0 Å². The van der Waals surface area contributed by atoms with E-state index >= 15 is 0 Å². The fourth-order valence-corrected chi connectivity index (χ4v) is 1.95. The lowest BCUT2D eigenvalue weighted by Gasteiger charge is -2.22. The molecule has 0 aliphatic carbocycles. The number of nitrogens with zero attached hydrogens (tertiary/aromatic N) is 1. The molecule has 0 saturated carbocycles. The minimum Gasteiger partial charge on any atom is -0.459 e. The highest BCUT2D eigenvalue weighted by atomic mass is 19.2. The van der Waals surface area contributed by atoms with Crippen molar-refractivity contribution in [3.05, 3.63) is 53.7 Å². The first kappa shape index (κ1) is 16.6. The molecule has 2 rings (SSSR count). The molecule has 5 nitrogen and oxygen atoms in total. The van der Waals surface area contributed by atoms with Crippen LogP contribution in [0.25, 0.3) is 0 Å². The summed E-state index contributed by atoms with van der Waals surface area (Å²) < 4.78 is 44.9. The zero-order chi connectivity index (χ0) is 17.0. The summed E-state index contributed by atoms with van der Waals surface area (Å²) in [4.78, 5) is 24.2. The molecule has 1 aromatic heterocycles. The highest BCUT2D eigenvalue weighted by Gasteiger charge is 2.21. The molecule has 1 heterocycles. The Bertz CT molecular complexity index is 717. The number of hydrogen-bond donors (Lipinski definition) is 1. The number of nitrogens with one attached hydrogen (secondary N) is 1. The van der Waals surface area contributed by atoms with E-state index in [4.69, 9.17) is 4.42 Å². The van der Waals surface area contributed by atoms with E-state index in [1.54, 1.807) is 0 Å². The quantitative estimate of drug-likeness (QED) is 0.859. The number of benzene rings is 1. The van der Waals surface area contributed by atoms with Gasteiger partial charge in [-0.25, -0.2) is 13.2 Å². The third-order valence-corrected chi connectivity index (χ3v) is 3.05. The SMILES string of the molecule is CC(=O)N(CCNC(=O)c1ccco1)c1ccc(F)c(F)c1F. The standard InChI is InChI=1S/C15H13F3N2O3/c1-9(21)20(11-5-4-10(16)13(17)14(11)18)7-6-19-15(22)12-3-2-8-23-12/h2-5,8H,6-7H2,1H3,(H,19,22). The second-order valence-corrected chi connectivity index (χ2v) is 4.60. The molecule has 1 N–H and O–H groups in total. The number of carbonyl (C=O) groups excluding carboxylic acids is 2. The maximum absolute atomic E-state index is 13.8. The van der Waals surface area contributed by atoms with E-state index in [9.17, 15) is 22.8 Å². The topological polar surface area (TPSA) is 62.6 Å². The summed E-state index contributed by atoms with van der Waals surface area (Å²) in [5, 5.41) is 2.47. The van der Waals surface area contributed by atoms with E-state index in [1.807, 2.05) is 0 Å². The van der Waals surface area contributed by atoms with Crippen LogP contribution in [0, 0.1) is 17.5 Å². The molecular formula is C15H13F3N2O3. The summed E-state index contributed by atoms with van der Waals surface area (Å²) in [6.45, 7) is 0.996. The molecule has 0 aliphatic rings. The van der Waals surface area contributed by atoms with Crippen LogP contribution >= 0.6 is 0 Å². The van der Waals surface area contributed by atoms with Crippen molar-refractivity contribution < 1.29 is 27.2 Å². The molecule has 0 aliphatic heterocycles. The van der Waals surface area contributed by atoms with Gasteiger partial charge in [-0.3, -0.25) is 9.59 Å². The number of anilines is 1. The molecule has 0 saturated heterocycles. The molecule has 0 radical (unpaired) electrons. The van der Waals surface area contributed by atoms with E-state index in [2.05, 4.69) is 5.32 Å². The van der Waals surface area contributed by atoms with Crippen molar-refractivity contribution in [3.8, 4) is 0 Å². The summed E-state index contributed by atoms with van der Waals surface area (Å²) in [6, 6.07) is 4.68. The molecule has 0 bridgehead atoms. The number of halogens is 3. The first-order valence-corrected chi connectivity index (χ1v) is 6.65. The molecule has 0 spiro atoms. The van der Waals surface area contributed by atoms with Crippen molar-refractivity contribution >= 4 is 17.5 Å². The average molecular weight is 326 g/mol. The Morgan fingerprint density at radius 2 is 1.91 bits per heavy atom. The van der Waals surface area contributed by atoms with Crippen LogP contribution in [-0.2, 0) is 4.79 Å². The summed E-state index contributed by atoms with van der Waals surface area (Å²) in [7, 11) is 0. The van der Waals surface area contributed by atoms with E-state index < -0.39 is 35.0 Å². The minimum atomic E-state index is -1.66. The Kier molecular flexibility index (Phi) is 5.05. The van der Waals surface area contributed by atoms with Crippen molar-refractivity contribution in [1.82, 2.24) is 5.32 Å². The van der Waals surface area contributed by atoms with Crippen LogP contribution in [0.2, 0.25) is 0 Å².